The number of piperidine rings is 1. The molecule has 7 heteroatoms. The minimum Gasteiger partial charge on any atom is -0.423 e. The number of amides is 1. The van der Waals surface area contributed by atoms with Crippen LogP contribution in [-0.4, -0.2) is 39.0 Å². The molecule has 1 aliphatic heterocycles. The molecule has 1 amide bonds. The molecule has 1 N–H and O–H groups in total. The molecule has 1 fully saturated rings. The van der Waals surface area contributed by atoms with E-state index in [9.17, 15) is 4.79 Å². The Labute approximate surface area is 198 Å². The number of thiocarbonyl (C=S) groups is 1. The summed E-state index contributed by atoms with van der Waals surface area (Å²) in [7, 11) is 0. The van der Waals surface area contributed by atoms with Gasteiger partial charge in [0.1, 0.15) is 10.0 Å². The molecule has 0 aliphatic carbocycles. The minimum absolute atomic E-state index is 0.184. The van der Waals surface area contributed by atoms with Crippen LogP contribution in [0.25, 0.3) is 22.6 Å². The summed E-state index contributed by atoms with van der Waals surface area (Å²) in [5.41, 5.74) is 2.54. The van der Waals surface area contributed by atoms with Crippen LogP contribution in [-0.2, 0) is 4.79 Å². The van der Waals surface area contributed by atoms with Crippen molar-refractivity contribution in [3.8, 4) is 22.6 Å². The van der Waals surface area contributed by atoms with Gasteiger partial charge < -0.3 is 9.32 Å². The van der Waals surface area contributed by atoms with Crippen molar-refractivity contribution >= 4 is 40.2 Å². The fraction of sp³-hybridized carbons (Fsp3) is 0.320. The number of nitrogens with one attached hydrogen (secondary N) is 1. The van der Waals surface area contributed by atoms with Crippen LogP contribution in [0.1, 0.15) is 20.3 Å². The number of rotatable bonds is 5. The molecule has 2 heterocycles. The summed E-state index contributed by atoms with van der Waals surface area (Å²) in [6.45, 7) is 6.41. The number of thioether (sulfide) groups is 1. The summed E-state index contributed by atoms with van der Waals surface area (Å²) in [6, 6.07) is 19.8. The fourth-order valence-corrected chi connectivity index (χ4v) is 5.12. The Balaban J connectivity index is 1.44. The van der Waals surface area contributed by atoms with E-state index in [-0.39, 0.29) is 17.7 Å². The van der Waals surface area contributed by atoms with Crippen LogP contribution in [0, 0.1) is 11.8 Å². The third-order valence-electron chi connectivity index (χ3n) is 5.41. The van der Waals surface area contributed by atoms with E-state index in [1.54, 1.807) is 0 Å². The topological polar surface area (TPSA) is 58.4 Å². The maximum atomic E-state index is 12.6. The van der Waals surface area contributed by atoms with Gasteiger partial charge in [-0.25, -0.2) is 0 Å². The molecule has 1 aromatic heterocycles. The molecule has 1 aliphatic rings. The molecule has 3 aromatic rings. The number of likely N-dealkylation sites (tertiary alicyclic amines) is 1. The summed E-state index contributed by atoms with van der Waals surface area (Å²) in [5.74, 6) is 1.90. The SMILES string of the molecule is C[C@@H]1C[C@H](C)CN(C(=S)SCC(=O)Nc2nc(-c3ccccc3)c(-c3ccccc3)o2)C1. The van der Waals surface area contributed by atoms with Crippen LogP contribution in [0.2, 0.25) is 0 Å². The lowest BCUT2D eigenvalue weighted by Gasteiger charge is -2.36. The predicted octanol–water partition coefficient (Wildman–Crippen LogP) is 5.94. The van der Waals surface area contributed by atoms with Crippen LogP contribution in [0.4, 0.5) is 6.01 Å². The highest BCUT2D eigenvalue weighted by molar-refractivity contribution is 8.23. The number of carbonyl (C=O) groups is 1. The van der Waals surface area contributed by atoms with E-state index in [1.807, 2.05) is 60.7 Å². The molecule has 2 atom stereocenters. The van der Waals surface area contributed by atoms with Crippen LogP contribution >= 0.6 is 24.0 Å². The van der Waals surface area contributed by atoms with Crippen molar-refractivity contribution in [1.82, 2.24) is 9.88 Å². The van der Waals surface area contributed by atoms with Gasteiger partial charge in [-0.05, 0) is 18.3 Å². The van der Waals surface area contributed by atoms with Crippen LogP contribution < -0.4 is 5.32 Å². The van der Waals surface area contributed by atoms with Crippen molar-refractivity contribution in [2.24, 2.45) is 11.8 Å². The van der Waals surface area contributed by atoms with Gasteiger partial charge in [0.25, 0.3) is 0 Å². The number of oxazole rings is 1. The van der Waals surface area contributed by atoms with Crippen molar-refractivity contribution in [2.75, 3.05) is 24.2 Å². The zero-order valence-electron chi connectivity index (χ0n) is 18.3. The lowest BCUT2D eigenvalue weighted by atomic mass is 9.92. The van der Waals surface area contributed by atoms with Crippen molar-refractivity contribution in [1.29, 1.82) is 0 Å². The zero-order valence-corrected chi connectivity index (χ0v) is 19.9. The molecule has 2 aromatic carbocycles. The normalized spacial score (nSPS) is 18.4. The first-order valence-electron chi connectivity index (χ1n) is 10.8. The molecule has 4 rings (SSSR count). The number of benzene rings is 2. The molecule has 1 saturated heterocycles. The average Bonchev–Trinajstić information content (AvgIpc) is 3.21. The first-order valence-corrected chi connectivity index (χ1v) is 12.2. The van der Waals surface area contributed by atoms with Crippen molar-refractivity contribution in [3.63, 3.8) is 0 Å². The third kappa shape index (κ3) is 5.58. The lowest BCUT2D eigenvalue weighted by Crippen LogP contribution is -2.41. The van der Waals surface area contributed by atoms with Gasteiger partial charge in [-0.1, -0.05) is 98.5 Å². The molecular weight excluding hydrogens is 438 g/mol. The number of anilines is 1. The molecule has 0 unspecified atom stereocenters. The van der Waals surface area contributed by atoms with Crippen molar-refractivity contribution < 1.29 is 9.21 Å². The highest BCUT2D eigenvalue weighted by Gasteiger charge is 2.24. The van der Waals surface area contributed by atoms with E-state index < -0.39 is 0 Å². The summed E-state index contributed by atoms with van der Waals surface area (Å²) >= 11 is 6.98. The Morgan fingerprint density at radius 3 is 2.28 bits per heavy atom. The van der Waals surface area contributed by atoms with Crippen LogP contribution in [0.5, 0.6) is 0 Å². The lowest BCUT2D eigenvalue weighted by molar-refractivity contribution is -0.113. The molecule has 5 nitrogen and oxygen atoms in total. The second-order valence-electron chi connectivity index (χ2n) is 8.38. The highest BCUT2D eigenvalue weighted by atomic mass is 32.2. The summed E-state index contributed by atoms with van der Waals surface area (Å²) in [5, 5.41) is 2.80. The van der Waals surface area contributed by atoms with Gasteiger partial charge in [-0.2, -0.15) is 4.98 Å². The van der Waals surface area contributed by atoms with Crippen LogP contribution in [0.3, 0.4) is 0 Å². The van der Waals surface area contributed by atoms with Gasteiger partial charge in [-0.15, -0.1) is 0 Å². The molecule has 166 valence electrons. The summed E-state index contributed by atoms with van der Waals surface area (Å²) < 4.78 is 6.76. The summed E-state index contributed by atoms with van der Waals surface area (Å²) in [4.78, 5) is 19.4. The standard InChI is InChI=1S/C25H27N3O2S2/c1-17-13-18(2)15-28(14-17)25(31)32-16-21(29)26-24-27-22(19-9-5-3-6-10-19)23(30-24)20-11-7-4-8-12-20/h3-12,17-18H,13-16H2,1-2H3,(H,26,27,29)/t17-,18+. The van der Waals surface area contributed by atoms with E-state index >= 15 is 0 Å². The van der Waals surface area contributed by atoms with Gasteiger partial charge in [0.05, 0.1) is 5.75 Å². The van der Waals surface area contributed by atoms with Gasteiger partial charge in [0.15, 0.2) is 5.76 Å². The second kappa shape index (κ2) is 10.3. The van der Waals surface area contributed by atoms with Gasteiger partial charge in [0.2, 0.25) is 5.91 Å². The molecule has 0 saturated carbocycles. The Morgan fingerprint density at radius 1 is 1.06 bits per heavy atom. The maximum absolute atomic E-state index is 12.6. The first kappa shape index (κ1) is 22.6. The largest absolute Gasteiger partial charge is 0.423 e. The Bertz CT molecular complexity index is 1000. The van der Waals surface area contributed by atoms with Gasteiger partial charge in [0, 0.05) is 24.2 Å². The number of nitrogens with zero attached hydrogens (tertiary/aromatic N) is 2. The fourth-order valence-electron chi connectivity index (χ4n) is 4.14. The molecule has 0 bridgehead atoms. The second-order valence-corrected chi connectivity index (χ2v) is 9.99. The van der Waals surface area contributed by atoms with E-state index in [1.165, 1.54) is 18.2 Å². The quantitative estimate of drug-likeness (QED) is 0.470. The van der Waals surface area contributed by atoms with Crippen molar-refractivity contribution in [2.45, 2.75) is 20.3 Å². The predicted molar refractivity (Wildman–Crippen MR) is 136 cm³/mol. The van der Waals surface area contributed by atoms with E-state index in [2.05, 4.69) is 29.0 Å². The van der Waals surface area contributed by atoms with E-state index in [0.29, 0.717) is 23.3 Å². The maximum Gasteiger partial charge on any atom is 0.302 e. The Hall–Kier alpha value is -2.64. The zero-order chi connectivity index (χ0) is 22.5. The van der Waals surface area contributed by atoms with E-state index in [4.69, 9.17) is 16.6 Å². The highest BCUT2D eigenvalue weighted by Crippen LogP contribution is 2.34. The minimum atomic E-state index is -0.184. The van der Waals surface area contributed by atoms with Crippen molar-refractivity contribution in [3.05, 3.63) is 60.7 Å². The number of aromatic nitrogens is 1. The molecule has 32 heavy (non-hydrogen) atoms. The monoisotopic (exact) mass is 465 g/mol. The molecule has 0 radical (unpaired) electrons. The van der Waals surface area contributed by atoms with Gasteiger partial charge in [-0.3, -0.25) is 10.1 Å². The average molecular weight is 466 g/mol. The van der Waals surface area contributed by atoms with E-state index in [0.717, 1.165) is 28.5 Å². The number of carbonyl (C=O) groups excluding carboxylic acids is 1. The van der Waals surface area contributed by atoms with Gasteiger partial charge >= 0.3 is 6.01 Å². The number of hydrogen-bond acceptors (Lipinski definition) is 5. The molecular formula is C25H27N3O2S2. The Kier molecular flexibility index (Phi) is 7.27. The first-order chi connectivity index (χ1) is 15.5. The Morgan fingerprint density at radius 2 is 1.66 bits per heavy atom. The molecule has 0 spiro atoms. The third-order valence-corrected chi connectivity index (χ3v) is 6.93. The van der Waals surface area contributed by atoms with Crippen LogP contribution in [0.15, 0.2) is 65.1 Å². The summed E-state index contributed by atoms with van der Waals surface area (Å²) in [6.07, 6.45) is 1.22. The number of hydrogen-bond donors (Lipinski definition) is 1. The smallest absolute Gasteiger partial charge is 0.302 e.